The average Bonchev–Trinajstić information content (AvgIpc) is 3.27. The monoisotopic (exact) mass is 418 g/mol. The standard InChI is InChI=1S/C19H13ClF2N4OS/c1-9-8-23-19(28-9)26-18(27)12-3-2-4-14-15(12)25-17(24-14)11-6-5-10(20)7-13(11)16(21)22/h2-8,16H,1H3,(H,24,25)(H,23,26,27). The zero-order chi connectivity index (χ0) is 19.8. The summed E-state index contributed by atoms with van der Waals surface area (Å²) in [5.74, 6) is -0.129. The number of aromatic nitrogens is 3. The minimum atomic E-state index is -2.71. The van der Waals surface area contributed by atoms with Gasteiger partial charge in [-0.15, -0.1) is 11.3 Å². The summed E-state index contributed by atoms with van der Waals surface area (Å²) in [6.45, 7) is 1.89. The van der Waals surface area contributed by atoms with E-state index in [1.54, 1.807) is 24.4 Å². The lowest BCUT2D eigenvalue weighted by Gasteiger charge is -2.06. The van der Waals surface area contributed by atoms with Crippen LogP contribution < -0.4 is 5.32 Å². The number of anilines is 1. The number of thiazole rings is 1. The van der Waals surface area contributed by atoms with Crippen LogP contribution >= 0.6 is 22.9 Å². The van der Waals surface area contributed by atoms with Gasteiger partial charge in [0.05, 0.1) is 11.1 Å². The number of rotatable bonds is 4. The lowest BCUT2D eigenvalue weighted by molar-refractivity contribution is 0.102. The highest BCUT2D eigenvalue weighted by molar-refractivity contribution is 7.15. The van der Waals surface area contributed by atoms with Crippen LogP contribution in [0.4, 0.5) is 13.9 Å². The molecule has 2 aromatic carbocycles. The smallest absolute Gasteiger partial charge is 0.264 e. The quantitative estimate of drug-likeness (QED) is 0.437. The molecule has 0 saturated heterocycles. The number of amides is 1. The van der Waals surface area contributed by atoms with Crippen LogP contribution in [0, 0.1) is 6.92 Å². The van der Waals surface area contributed by atoms with Gasteiger partial charge in [-0.1, -0.05) is 17.7 Å². The summed E-state index contributed by atoms with van der Waals surface area (Å²) >= 11 is 7.21. The van der Waals surface area contributed by atoms with Gasteiger partial charge in [-0.05, 0) is 37.3 Å². The molecule has 0 unspecified atom stereocenters. The number of para-hydroxylation sites is 1. The van der Waals surface area contributed by atoms with E-state index < -0.39 is 6.43 Å². The summed E-state index contributed by atoms with van der Waals surface area (Å²) in [5, 5.41) is 3.43. The first kappa shape index (κ1) is 18.5. The van der Waals surface area contributed by atoms with Crippen molar-refractivity contribution in [3.63, 3.8) is 0 Å². The first-order chi connectivity index (χ1) is 13.4. The number of carbonyl (C=O) groups excluding carboxylic acids is 1. The molecule has 0 aliphatic carbocycles. The molecular formula is C19H13ClF2N4OS. The normalized spacial score (nSPS) is 11.3. The third-order valence-electron chi connectivity index (χ3n) is 4.10. The Hall–Kier alpha value is -2.84. The van der Waals surface area contributed by atoms with Crippen molar-refractivity contribution >= 4 is 45.0 Å². The van der Waals surface area contributed by atoms with E-state index in [0.29, 0.717) is 21.7 Å². The van der Waals surface area contributed by atoms with Crippen molar-refractivity contribution in [3.05, 3.63) is 63.6 Å². The highest BCUT2D eigenvalue weighted by Gasteiger charge is 2.20. The SMILES string of the molecule is Cc1cnc(NC(=O)c2cccc3[nH]c(-c4ccc(Cl)cc4C(F)F)nc23)s1. The average molecular weight is 419 g/mol. The summed E-state index contributed by atoms with van der Waals surface area (Å²) in [7, 11) is 0. The number of aryl methyl sites for hydroxylation is 1. The Morgan fingerprint density at radius 1 is 1.29 bits per heavy atom. The Balaban J connectivity index is 1.77. The van der Waals surface area contributed by atoms with E-state index >= 15 is 0 Å². The number of alkyl halides is 2. The summed E-state index contributed by atoms with van der Waals surface area (Å²) < 4.78 is 26.9. The molecule has 0 radical (unpaired) electrons. The van der Waals surface area contributed by atoms with E-state index in [-0.39, 0.29) is 27.9 Å². The van der Waals surface area contributed by atoms with Gasteiger partial charge in [-0.25, -0.2) is 18.7 Å². The third-order valence-corrected chi connectivity index (χ3v) is 5.17. The van der Waals surface area contributed by atoms with Gasteiger partial charge in [0.2, 0.25) is 0 Å². The predicted octanol–water partition coefficient (Wildman–Crippen LogP) is 5.84. The number of nitrogens with one attached hydrogen (secondary N) is 2. The van der Waals surface area contributed by atoms with Crippen LogP contribution in [0.3, 0.4) is 0 Å². The molecule has 0 aliphatic rings. The molecule has 4 rings (SSSR count). The van der Waals surface area contributed by atoms with Crippen LogP contribution in [-0.2, 0) is 0 Å². The molecule has 0 bridgehead atoms. The molecule has 142 valence electrons. The number of imidazole rings is 1. The maximum atomic E-state index is 13.4. The van der Waals surface area contributed by atoms with Crippen molar-refractivity contribution in [1.29, 1.82) is 0 Å². The molecule has 1 amide bonds. The van der Waals surface area contributed by atoms with Gasteiger partial charge < -0.3 is 4.98 Å². The van der Waals surface area contributed by atoms with Gasteiger partial charge in [0.25, 0.3) is 12.3 Å². The summed E-state index contributed by atoms with van der Waals surface area (Å²) in [5.41, 5.74) is 1.28. The van der Waals surface area contributed by atoms with E-state index in [2.05, 4.69) is 20.3 Å². The first-order valence-corrected chi connectivity index (χ1v) is 9.42. The molecule has 0 fully saturated rings. The Morgan fingerprint density at radius 3 is 2.82 bits per heavy atom. The van der Waals surface area contributed by atoms with Crippen molar-refractivity contribution in [3.8, 4) is 11.4 Å². The molecule has 9 heteroatoms. The van der Waals surface area contributed by atoms with Crippen molar-refractivity contribution in [2.24, 2.45) is 0 Å². The summed E-state index contributed by atoms with van der Waals surface area (Å²) in [6.07, 6.45) is -1.04. The van der Waals surface area contributed by atoms with Gasteiger partial charge in [-0.2, -0.15) is 0 Å². The predicted molar refractivity (Wildman–Crippen MR) is 106 cm³/mol. The number of H-pyrrole nitrogens is 1. The molecule has 5 nitrogen and oxygen atoms in total. The van der Waals surface area contributed by atoms with Crippen LogP contribution in [0.5, 0.6) is 0 Å². The van der Waals surface area contributed by atoms with Gasteiger partial charge in [-0.3, -0.25) is 10.1 Å². The number of hydrogen-bond donors (Lipinski definition) is 2. The highest BCUT2D eigenvalue weighted by Crippen LogP contribution is 2.33. The minimum Gasteiger partial charge on any atom is -0.338 e. The van der Waals surface area contributed by atoms with Crippen LogP contribution in [0.25, 0.3) is 22.4 Å². The molecular weight excluding hydrogens is 406 g/mol. The fourth-order valence-corrected chi connectivity index (χ4v) is 3.69. The third kappa shape index (κ3) is 3.48. The second-order valence-corrected chi connectivity index (χ2v) is 7.72. The van der Waals surface area contributed by atoms with Crippen molar-refractivity contribution < 1.29 is 13.6 Å². The van der Waals surface area contributed by atoms with Crippen molar-refractivity contribution in [2.45, 2.75) is 13.3 Å². The lowest BCUT2D eigenvalue weighted by atomic mass is 10.1. The number of carbonyl (C=O) groups is 1. The number of fused-ring (bicyclic) bond motifs is 1. The van der Waals surface area contributed by atoms with E-state index in [9.17, 15) is 13.6 Å². The van der Waals surface area contributed by atoms with Gasteiger partial charge in [0.1, 0.15) is 11.3 Å². The lowest BCUT2D eigenvalue weighted by Crippen LogP contribution is -2.12. The number of hydrogen-bond acceptors (Lipinski definition) is 4. The molecule has 4 aromatic rings. The molecule has 0 spiro atoms. The molecule has 2 aromatic heterocycles. The number of nitrogens with zero attached hydrogens (tertiary/aromatic N) is 2. The maximum absolute atomic E-state index is 13.4. The van der Waals surface area contributed by atoms with Crippen molar-refractivity contribution in [2.75, 3.05) is 5.32 Å². The number of aromatic amines is 1. The van der Waals surface area contributed by atoms with Crippen LogP contribution in [0.15, 0.2) is 42.6 Å². The Labute approximate surface area is 167 Å². The topological polar surface area (TPSA) is 70.7 Å². The molecule has 2 heterocycles. The van der Waals surface area contributed by atoms with Gasteiger partial charge >= 0.3 is 0 Å². The van der Waals surface area contributed by atoms with E-state index in [1.165, 1.54) is 29.5 Å². The summed E-state index contributed by atoms with van der Waals surface area (Å²) in [4.78, 5) is 25.2. The molecule has 0 saturated carbocycles. The van der Waals surface area contributed by atoms with Crippen LogP contribution in [0.2, 0.25) is 5.02 Å². The Morgan fingerprint density at radius 2 is 2.11 bits per heavy atom. The van der Waals surface area contributed by atoms with Gasteiger partial charge in [0, 0.05) is 27.2 Å². The number of benzene rings is 2. The zero-order valence-corrected chi connectivity index (χ0v) is 16.0. The fourth-order valence-electron chi connectivity index (χ4n) is 2.85. The van der Waals surface area contributed by atoms with E-state index in [1.807, 2.05) is 6.92 Å². The maximum Gasteiger partial charge on any atom is 0.264 e. The largest absolute Gasteiger partial charge is 0.338 e. The Kier molecular flexibility index (Phi) is 4.82. The minimum absolute atomic E-state index is 0.217. The first-order valence-electron chi connectivity index (χ1n) is 8.23. The molecule has 28 heavy (non-hydrogen) atoms. The number of halogens is 3. The molecule has 0 atom stereocenters. The molecule has 0 aliphatic heterocycles. The second kappa shape index (κ2) is 7.29. The van der Waals surface area contributed by atoms with Crippen LogP contribution in [0.1, 0.15) is 27.2 Å². The van der Waals surface area contributed by atoms with E-state index in [0.717, 1.165) is 4.88 Å². The fraction of sp³-hybridized carbons (Fsp3) is 0.105. The highest BCUT2D eigenvalue weighted by atomic mass is 35.5. The van der Waals surface area contributed by atoms with Crippen molar-refractivity contribution in [1.82, 2.24) is 15.0 Å². The van der Waals surface area contributed by atoms with Crippen LogP contribution in [-0.4, -0.2) is 20.9 Å². The van der Waals surface area contributed by atoms with Gasteiger partial charge in [0.15, 0.2) is 5.13 Å². The summed E-state index contributed by atoms with van der Waals surface area (Å²) in [6, 6.07) is 9.27. The molecule has 2 N–H and O–H groups in total. The Bertz CT molecular complexity index is 1190. The second-order valence-electron chi connectivity index (χ2n) is 6.05. The zero-order valence-electron chi connectivity index (χ0n) is 14.5. The van der Waals surface area contributed by atoms with E-state index in [4.69, 9.17) is 11.6 Å².